The van der Waals surface area contributed by atoms with Gasteiger partial charge in [-0.3, -0.25) is 4.79 Å². The van der Waals surface area contributed by atoms with E-state index in [1.165, 1.54) is 5.56 Å². The van der Waals surface area contributed by atoms with E-state index in [-0.39, 0.29) is 5.91 Å². The van der Waals surface area contributed by atoms with Crippen LogP contribution in [0.15, 0.2) is 41.1 Å². The van der Waals surface area contributed by atoms with Crippen LogP contribution in [0.2, 0.25) is 0 Å². The Morgan fingerprint density at radius 3 is 2.95 bits per heavy atom. The highest BCUT2D eigenvalue weighted by Crippen LogP contribution is 2.17. The third kappa shape index (κ3) is 5.44. The summed E-state index contributed by atoms with van der Waals surface area (Å²) in [5.74, 6) is 2.73. The lowest BCUT2D eigenvalue weighted by Gasteiger charge is -2.08. The summed E-state index contributed by atoms with van der Waals surface area (Å²) in [5, 5.41) is 7.20. The van der Waals surface area contributed by atoms with Crippen LogP contribution in [-0.4, -0.2) is 25.3 Å². The SMILES string of the molecule is COc1ccccc1CC(=O)NCCSCc1ccsc1. The minimum absolute atomic E-state index is 0.0376. The number of benzene rings is 1. The molecule has 112 valence electrons. The topological polar surface area (TPSA) is 38.3 Å². The summed E-state index contributed by atoms with van der Waals surface area (Å²) in [7, 11) is 1.62. The van der Waals surface area contributed by atoms with E-state index in [9.17, 15) is 4.79 Å². The van der Waals surface area contributed by atoms with Gasteiger partial charge in [-0.05, 0) is 28.5 Å². The van der Waals surface area contributed by atoms with E-state index in [0.29, 0.717) is 13.0 Å². The monoisotopic (exact) mass is 321 g/mol. The van der Waals surface area contributed by atoms with Crippen molar-refractivity contribution >= 4 is 29.0 Å². The number of ether oxygens (including phenoxy) is 1. The lowest BCUT2D eigenvalue weighted by molar-refractivity contribution is -0.120. The molecule has 0 radical (unpaired) electrons. The van der Waals surface area contributed by atoms with Crippen molar-refractivity contribution in [2.75, 3.05) is 19.4 Å². The number of amides is 1. The second kappa shape index (κ2) is 8.74. The van der Waals surface area contributed by atoms with Crippen molar-refractivity contribution in [3.05, 3.63) is 52.2 Å². The van der Waals surface area contributed by atoms with Crippen molar-refractivity contribution in [3.8, 4) is 5.75 Å². The van der Waals surface area contributed by atoms with Gasteiger partial charge in [0, 0.05) is 23.6 Å². The van der Waals surface area contributed by atoms with Crippen LogP contribution in [0.4, 0.5) is 0 Å². The maximum absolute atomic E-state index is 11.9. The smallest absolute Gasteiger partial charge is 0.224 e. The maximum Gasteiger partial charge on any atom is 0.224 e. The molecule has 0 saturated carbocycles. The second-order valence-corrected chi connectivity index (χ2v) is 6.41. The summed E-state index contributed by atoms with van der Waals surface area (Å²) in [5.41, 5.74) is 2.27. The zero-order valence-electron chi connectivity index (χ0n) is 12.0. The molecule has 1 heterocycles. The van der Waals surface area contributed by atoms with Crippen molar-refractivity contribution in [2.45, 2.75) is 12.2 Å². The predicted molar refractivity (Wildman–Crippen MR) is 90.2 cm³/mol. The molecule has 0 spiro atoms. The summed E-state index contributed by atoms with van der Waals surface area (Å²) >= 11 is 3.55. The fourth-order valence-corrected chi connectivity index (χ4v) is 3.49. The van der Waals surface area contributed by atoms with Gasteiger partial charge in [0.15, 0.2) is 0 Å². The Labute approximate surface area is 133 Å². The zero-order valence-corrected chi connectivity index (χ0v) is 13.6. The van der Waals surface area contributed by atoms with Crippen LogP contribution in [-0.2, 0) is 17.0 Å². The van der Waals surface area contributed by atoms with E-state index < -0.39 is 0 Å². The maximum atomic E-state index is 11.9. The van der Waals surface area contributed by atoms with E-state index >= 15 is 0 Å². The molecule has 0 aliphatic rings. The summed E-state index contributed by atoms with van der Waals surface area (Å²) in [6.45, 7) is 0.697. The van der Waals surface area contributed by atoms with E-state index in [2.05, 4.69) is 22.1 Å². The van der Waals surface area contributed by atoms with Gasteiger partial charge in [0.2, 0.25) is 5.91 Å². The summed E-state index contributed by atoms with van der Waals surface area (Å²) < 4.78 is 5.25. The largest absolute Gasteiger partial charge is 0.496 e. The molecule has 2 rings (SSSR count). The lowest BCUT2D eigenvalue weighted by atomic mass is 10.1. The van der Waals surface area contributed by atoms with Gasteiger partial charge in [-0.2, -0.15) is 23.1 Å². The van der Waals surface area contributed by atoms with Gasteiger partial charge in [0.1, 0.15) is 5.75 Å². The minimum Gasteiger partial charge on any atom is -0.496 e. The Balaban J connectivity index is 1.65. The third-order valence-corrected chi connectivity index (χ3v) is 4.72. The van der Waals surface area contributed by atoms with Crippen LogP contribution >= 0.6 is 23.1 Å². The molecular formula is C16H19NO2S2. The number of carbonyl (C=O) groups excluding carboxylic acids is 1. The molecule has 1 amide bonds. The van der Waals surface area contributed by atoms with Gasteiger partial charge in [-0.25, -0.2) is 0 Å². The molecule has 0 atom stereocenters. The first-order valence-electron chi connectivity index (χ1n) is 6.77. The van der Waals surface area contributed by atoms with Crippen LogP contribution in [0, 0.1) is 0 Å². The average Bonchev–Trinajstić information content (AvgIpc) is 3.01. The highest BCUT2D eigenvalue weighted by molar-refractivity contribution is 7.98. The van der Waals surface area contributed by atoms with E-state index in [1.54, 1.807) is 18.4 Å². The molecule has 0 fully saturated rings. The summed E-state index contributed by atoms with van der Waals surface area (Å²) in [4.78, 5) is 11.9. The lowest BCUT2D eigenvalue weighted by Crippen LogP contribution is -2.27. The number of nitrogens with one attached hydrogen (secondary N) is 1. The average molecular weight is 321 g/mol. The van der Waals surface area contributed by atoms with Gasteiger partial charge in [0.25, 0.3) is 0 Å². The number of hydrogen-bond donors (Lipinski definition) is 1. The number of methoxy groups -OCH3 is 1. The molecule has 2 aromatic rings. The predicted octanol–water partition coefficient (Wildman–Crippen LogP) is 3.35. The second-order valence-electron chi connectivity index (χ2n) is 4.52. The van der Waals surface area contributed by atoms with Crippen molar-refractivity contribution < 1.29 is 9.53 Å². The number of carbonyl (C=O) groups is 1. The minimum atomic E-state index is 0.0376. The van der Waals surface area contributed by atoms with Crippen molar-refractivity contribution in [2.24, 2.45) is 0 Å². The molecule has 1 aromatic heterocycles. The zero-order chi connectivity index (χ0) is 14.9. The number of thioether (sulfide) groups is 1. The van der Waals surface area contributed by atoms with E-state index in [0.717, 1.165) is 22.8 Å². The summed E-state index contributed by atoms with van der Waals surface area (Å²) in [6.07, 6.45) is 0.360. The highest BCUT2D eigenvalue weighted by Gasteiger charge is 2.07. The Morgan fingerprint density at radius 1 is 1.33 bits per heavy atom. The van der Waals surface area contributed by atoms with Crippen LogP contribution in [0.3, 0.4) is 0 Å². The van der Waals surface area contributed by atoms with Crippen LogP contribution in [0.1, 0.15) is 11.1 Å². The van der Waals surface area contributed by atoms with Crippen LogP contribution in [0.25, 0.3) is 0 Å². The Morgan fingerprint density at radius 2 is 2.19 bits per heavy atom. The first kappa shape index (κ1) is 15.9. The highest BCUT2D eigenvalue weighted by atomic mass is 32.2. The fraction of sp³-hybridized carbons (Fsp3) is 0.312. The molecule has 1 N–H and O–H groups in total. The molecule has 1 aromatic carbocycles. The first-order chi connectivity index (χ1) is 10.3. The quantitative estimate of drug-likeness (QED) is 0.758. The number of rotatable bonds is 8. The van der Waals surface area contributed by atoms with Crippen LogP contribution < -0.4 is 10.1 Å². The molecule has 0 aliphatic carbocycles. The summed E-state index contributed by atoms with van der Waals surface area (Å²) in [6, 6.07) is 9.75. The Kier molecular flexibility index (Phi) is 6.63. The number of thiophene rings is 1. The fourth-order valence-electron chi connectivity index (χ4n) is 1.91. The molecule has 3 nitrogen and oxygen atoms in total. The molecule has 21 heavy (non-hydrogen) atoms. The Bertz CT molecular complexity index is 555. The third-order valence-electron chi connectivity index (χ3n) is 2.96. The van der Waals surface area contributed by atoms with Gasteiger partial charge in [0.05, 0.1) is 13.5 Å². The van der Waals surface area contributed by atoms with Gasteiger partial charge in [-0.15, -0.1) is 0 Å². The van der Waals surface area contributed by atoms with Gasteiger partial charge in [-0.1, -0.05) is 18.2 Å². The molecule has 0 aliphatic heterocycles. The standard InChI is InChI=1S/C16H19NO2S2/c1-19-15-5-3-2-4-14(15)10-16(18)17-7-9-21-12-13-6-8-20-11-13/h2-6,8,11H,7,9-10,12H2,1H3,(H,17,18). The van der Waals surface area contributed by atoms with E-state index in [4.69, 9.17) is 4.74 Å². The Hall–Kier alpha value is -1.46. The van der Waals surface area contributed by atoms with Gasteiger partial charge < -0.3 is 10.1 Å². The van der Waals surface area contributed by atoms with Crippen LogP contribution in [0.5, 0.6) is 5.75 Å². The van der Waals surface area contributed by atoms with Crippen molar-refractivity contribution in [1.29, 1.82) is 0 Å². The number of para-hydroxylation sites is 1. The number of hydrogen-bond acceptors (Lipinski definition) is 4. The normalized spacial score (nSPS) is 10.3. The van der Waals surface area contributed by atoms with Crippen molar-refractivity contribution in [3.63, 3.8) is 0 Å². The first-order valence-corrected chi connectivity index (χ1v) is 8.87. The molecule has 5 heteroatoms. The molecule has 0 unspecified atom stereocenters. The molecular weight excluding hydrogens is 302 g/mol. The molecule has 0 bridgehead atoms. The molecule has 0 saturated heterocycles. The van der Waals surface area contributed by atoms with Gasteiger partial charge >= 0.3 is 0 Å². The van der Waals surface area contributed by atoms with Crippen molar-refractivity contribution in [1.82, 2.24) is 5.32 Å². The van der Waals surface area contributed by atoms with E-state index in [1.807, 2.05) is 36.0 Å².